The number of rotatable bonds is 7. The van der Waals surface area contributed by atoms with Gasteiger partial charge in [0.1, 0.15) is 23.1 Å². The molecule has 2 amide bonds. The van der Waals surface area contributed by atoms with E-state index in [0.717, 1.165) is 13.0 Å². The molecule has 1 aromatic rings. The highest BCUT2D eigenvalue weighted by Crippen LogP contribution is 2.35. The number of nitrogens with two attached hydrogens (primary N) is 2. The third kappa shape index (κ3) is 5.43. The smallest absolute Gasteiger partial charge is 0.410 e. The van der Waals surface area contributed by atoms with Crippen molar-refractivity contribution in [2.24, 2.45) is 11.7 Å². The molecule has 0 aromatic heterocycles. The van der Waals surface area contributed by atoms with Crippen LogP contribution in [0, 0.1) is 5.92 Å². The summed E-state index contributed by atoms with van der Waals surface area (Å²) in [4.78, 5) is 25.3. The van der Waals surface area contributed by atoms with Crippen LogP contribution in [0.1, 0.15) is 51.4 Å². The third-order valence-corrected chi connectivity index (χ3v) is 4.51. The van der Waals surface area contributed by atoms with Crippen LogP contribution in [0.25, 0.3) is 0 Å². The number of nitrogens with one attached hydrogen (secondary N) is 1. The maximum absolute atomic E-state index is 12.1. The number of primary amides is 1. The summed E-state index contributed by atoms with van der Waals surface area (Å²) in [6, 6.07) is 3.16. The number of anilines is 2. The normalized spacial score (nSPS) is 15.5. The second kappa shape index (κ2) is 8.58. The first-order valence-electron chi connectivity index (χ1n) is 9.63. The number of hydrogen-bond acceptors (Lipinski definition) is 6. The monoisotopic (exact) mass is 392 g/mol. The molecule has 1 atom stereocenters. The van der Waals surface area contributed by atoms with Gasteiger partial charge in [0.25, 0.3) is 0 Å². The zero-order chi connectivity index (χ0) is 21.1. The van der Waals surface area contributed by atoms with Gasteiger partial charge in [0, 0.05) is 31.1 Å². The van der Waals surface area contributed by atoms with Gasteiger partial charge in [-0.15, -0.1) is 0 Å². The van der Waals surface area contributed by atoms with Gasteiger partial charge in [-0.1, -0.05) is 6.92 Å². The topological polar surface area (TPSA) is 120 Å². The van der Waals surface area contributed by atoms with Crippen LogP contribution in [-0.2, 0) is 4.74 Å². The number of nitrogens with zero attached hydrogens (tertiary/aromatic N) is 1. The van der Waals surface area contributed by atoms with E-state index in [2.05, 4.69) is 5.32 Å². The SMILES string of the molecule is CCCNc1c(N)cc(C(N)=O)cc1OC(C)C1CN(C(=O)OC(C)(C)C)C1. The zero-order valence-electron chi connectivity index (χ0n) is 17.4. The minimum atomic E-state index is -0.564. The van der Waals surface area contributed by atoms with Crippen LogP contribution in [0.4, 0.5) is 16.2 Å². The van der Waals surface area contributed by atoms with Crippen LogP contribution in [0.3, 0.4) is 0 Å². The number of benzene rings is 1. The molecule has 28 heavy (non-hydrogen) atoms. The maximum Gasteiger partial charge on any atom is 0.410 e. The number of ether oxygens (including phenoxy) is 2. The fourth-order valence-electron chi connectivity index (χ4n) is 2.89. The van der Waals surface area contributed by atoms with Crippen LogP contribution in [0.2, 0.25) is 0 Å². The summed E-state index contributed by atoms with van der Waals surface area (Å²) in [5, 5.41) is 3.24. The summed E-state index contributed by atoms with van der Waals surface area (Å²) < 4.78 is 11.5. The molecule has 8 nitrogen and oxygen atoms in total. The molecule has 8 heteroatoms. The lowest BCUT2D eigenvalue weighted by Crippen LogP contribution is -2.55. The van der Waals surface area contributed by atoms with Crippen LogP contribution in [0.5, 0.6) is 5.75 Å². The van der Waals surface area contributed by atoms with Gasteiger partial charge in [-0.05, 0) is 46.2 Å². The van der Waals surface area contributed by atoms with E-state index in [1.165, 1.54) is 0 Å². The summed E-state index contributed by atoms with van der Waals surface area (Å²) in [6.07, 6.45) is 0.420. The van der Waals surface area contributed by atoms with Crippen LogP contribution in [0.15, 0.2) is 12.1 Å². The summed E-state index contributed by atoms with van der Waals surface area (Å²) in [6.45, 7) is 11.3. The zero-order valence-corrected chi connectivity index (χ0v) is 17.4. The lowest BCUT2D eigenvalue weighted by Gasteiger charge is -2.42. The number of hydrogen-bond donors (Lipinski definition) is 3. The number of likely N-dealkylation sites (tertiary alicyclic amines) is 1. The van der Waals surface area contributed by atoms with Crippen molar-refractivity contribution in [3.8, 4) is 5.75 Å². The van der Waals surface area contributed by atoms with Gasteiger partial charge in [0.05, 0.1) is 5.69 Å². The molecule has 1 heterocycles. The predicted molar refractivity (Wildman–Crippen MR) is 110 cm³/mol. The number of carbonyl (C=O) groups is 2. The highest BCUT2D eigenvalue weighted by Gasteiger charge is 2.37. The first kappa shape index (κ1) is 21.7. The molecule has 1 fully saturated rings. The number of carbonyl (C=O) groups excluding carboxylic acids is 2. The molecule has 156 valence electrons. The van der Waals surface area contributed by atoms with Gasteiger partial charge in [-0.2, -0.15) is 0 Å². The Morgan fingerprint density at radius 3 is 2.50 bits per heavy atom. The van der Waals surface area contributed by atoms with Gasteiger partial charge < -0.3 is 31.2 Å². The van der Waals surface area contributed by atoms with Crippen molar-refractivity contribution >= 4 is 23.4 Å². The fourth-order valence-corrected chi connectivity index (χ4v) is 2.89. The molecule has 0 bridgehead atoms. The second-order valence-corrected chi connectivity index (χ2v) is 8.20. The largest absolute Gasteiger partial charge is 0.488 e. The first-order valence-corrected chi connectivity index (χ1v) is 9.63. The molecular formula is C20H32N4O4. The fraction of sp³-hybridized carbons (Fsp3) is 0.600. The minimum Gasteiger partial charge on any atom is -0.488 e. The van der Waals surface area contributed by atoms with Crippen LogP contribution >= 0.6 is 0 Å². The highest BCUT2D eigenvalue weighted by molar-refractivity contribution is 5.96. The molecule has 5 N–H and O–H groups in total. The van der Waals surface area contributed by atoms with Crippen molar-refractivity contribution in [3.63, 3.8) is 0 Å². The Labute approximate surface area is 166 Å². The second-order valence-electron chi connectivity index (χ2n) is 8.20. The molecule has 0 aliphatic carbocycles. The van der Waals surface area contributed by atoms with Crippen molar-refractivity contribution in [3.05, 3.63) is 17.7 Å². The lowest BCUT2D eigenvalue weighted by molar-refractivity contribution is -0.0211. The average Bonchev–Trinajstić information content (AvgIpc) is 2.50. The van der Waals surface area contributed by atoms with Crippen molar-refractivity contribution < 1.29 is 19.1 Å². The molecule has 1 aromatic carbocycles. The Balaban J connectivity index is 2.06. The molecule has 0 radical (unpaired) electrons. The molecule has 1 saturated heterocycles. The summed E-state index contributed by atoms with van der Waals surface area (Å²) in [5.41, 5.74) is 12.4. The molecule has 0 spiro atoms. The lowest BCUT2D eigenvalue weighted by atomic mass is 9.95. The van der Waals surface area contributed by atoms with Crippen molar-refractivity contribution in [1.29, 1.82) is 0 Å². The third-order valence-electron chi connectivity index (χ3n) is 4.51. The Kier molecular flexibility index (Phi) is 6.64. The van der Waals surface area contributed by atoms with E-state index in [1.807, 2.05) is 34.6 Å². The van der Waals surface area contributed by atoms with E-state index in [-0.39, 0.29) is 18.1 Å². The van der Waals surface area contributed by atoms with E-state index in [1.54, 1.807) is 17.0 Å². The van der Waals surface area contributed by atoms with Crippen molar-refractivity contribution in [2.45, 2.75) is 52.7 Å². The quantitative estimate of drug-likeness (QED) is 0.614. The summed E-state index contributed by atoms with van der Waals surface area (Å²) in [7, 11) is 0. The van der Waals surface area contributed by atoms with Gasteiger partial charge in [0.15, 0.2) is 0 Å². The molecule has 1 unspecified atom stereocenters. The Bertz CT molecular complexity index is 724. The maximum atomic E-state index is 12.1. The predicted octanol–water partition coefficient (Wildman–Crippen LogP) is 2.82. The van der Waals surface area contributed by atoms with Crippen LogP contribution < -0.4 is 21.5 Å². The van der Waals surface area contributed by atoms with E-state index in [4.69, 9.17) is 20.9 Å². The van der Waals surface area contributed by atoms with E-state index in [0.29, 0.717) is 35.8 Å². The minimum absolute atomic E-state index is 0.157. The van der Waals surface area contributed by atoms with Crippen molar-refractivity contribution in [1.82, 2.24) is 4.90 Å². The molecule has 0 saturated carbocycles. The van der Waals surface area contributed by atoms with Gasteiger partial charge in [-0.3, -0.25) is 4.79 Å². The summed E-state index contributed by atoms with van der Waals surface area (Å²) >= 11 is 0. The Morgan fingerprint density at radius 2 is 1.96 bits per heavy atom. The first-order chi connectivity index (χ1) is 13.0. The van der Waals surface area contributed by atoms with Gasteiger partial charge in [0.2, 0.25) is 5.91 Å². The Hall–Kier alpha value is -2.64. The van der Waals surface area contributed by atoms with Crippen molar-refractivity contribution in [2.75, 3.05) is 30.7 Å². The average molecular weight is 393 g/mol. The molecular weight excluding hydrogens is 360 g/mol. The number of amides is 2. The highest BCUT2D eigenvalue weighted by atomic mass is 16.6. The summed E-state index contributed by atoms with van der Waals surface area (Å²) in [5.74, 6) is 0.0847. The van der Waals surface area contributed by atoms with E-state index >= 15 is 0 Å². The van der Waals surface area contributed by atoms with E-state index in [9.17, 15) is 9.59 Å². The van der Waals surface area contributed by atoms with Crippen LogP contribution in [-0.4, -0.2) is 48.2 Å². The van der Waals surface area contributed by atoms with Gasteiger partial charge in [-0.25, -0.2) is 4.79 Å². The van der Waals surface area contributed by atoms with Gasteiger partial charge >= 0.3 is 6.09 Å². The standard InChI is InChI=1S/C20H32N4O4/c1-6-7-23-17-15(21)8-13(18(22)25)9-16(17)27-12(2)14-10-24(11-14)19(26)28-20(3,4)5/h8-9,12,14,23H,6-7,10-11,21H2,1-5H3,(H2,22,25). The van der Waals surface area contributed by atoms with E-state index < -0.39 is 11.5 Å². The molecule has 1 aliphatic rings. The molecule has 2 rings (SSSR count). The Morgan fingerprint density at radius 1 is 1.32 bits per heavy atom. The molecule has 1 aliphatic heterocycles. The number of nitrogen functional groups attached to an aromatic ring is 1.